The second-order valence-electron chi connectivity index (χ2n) is 6.65. The first-order chi connectivity index (χ1) is 14.8. The van der Waals surface area contributed by atoms with Gasteiger partial charge in [0.1, 0.15) is 12.6 Å². The van der Waals surface area contributed by atoms with Crippen molar-refractivity contribution in [2.45, 2.75) is 0 Å². The summed E-state index contributed by atoms with van der Waals surface area (Å²) in [4.78, 5) is 33.9. The lowest BCUT2D eigenvalue weighted by Gasteiger charge is -2.14. The summed E-state index contributed by atoms with van der Waals surface area (Å²) in [6.45, 7) is 0. The van der Waals surface area contributed by atoms with Crippen LogP contribution < -0.4 is 9.78 Å². The van der Waals surface area contributed by atoms with Crippen molar-refractivity contribution in [1.29, 1.82) is 0 Å². The van der Waals surface area contributed by atoms with Crippen LogP contribution in [0.4, 0.5) is 0 Å². The maximum Gasteiger partial charge on any atom is 0.186 e. The number of aldehydes is 2. The standard InChI is InChI=1S/C26H18O4/c27-17-19-11-13-25(23(15-19)21-7-3-1-4-8-21)29-30-26-14-12-20(18-28)16-24(26)22-9-5-2-6-10-22/h1-18H. The maximum atomic E-state index is 11.2. The third-order valence-electron chi connectivity index (χ3n) is 4.67. The van der Waals surface area contributed by atoms with Crippen LogP contribution in [0.15, 0.2) is 97.1 Å². The molecule has 146 valence electrons. The molecule has 0 radical (unpaired) electrons. The molecule has 4 aromatic carbocycles. The Hall–Kier alpha value is -4.18. The summed E-state index contributed by atoms with van der Waals surface area (Å²) in [5.74, 6) is 0.954. The van der Waals surface area contributed by atoms with Crippen LogP contribution >= 0.6 is 0 Å². The topological polar surface area (TPSA) is 52.6 Å². The Morgan fingerprint density at radius 1 is 0.500 bits per heavy atom. The molecule has 0 N–H and O–H groups in total. The summed E-state index contributed by atoms with van der Waals surface area (Å²) in [5, 5.41) is 0. The van der Waals surface area contributed by atoms with E-state index >= 15 is 0 Å². The summed E-state index contributed by atoms with van der Waals surface area (Å²) < 4.78 is 0. The second-order valence-corrected chi connectivity index (χ2v) is 6.65. The summed E-state index contributed by atoms with van der Waals surface area (Å²) >= 11 is 0. The Kier molecular flexibility index (Phi) is 5.67. The minimum Gasteiger partial charge on any atom is -0.298 e. The highest BCUT2D eigenvalue weighted by Crippen LogP contribution is 2.34. The third kappa shape index (κ3) is 4.13. The van der Waals surface area contributed by atoms with Crippen LogP contribution in [0.1, 0.15) is 20.7 Å². The van der Waals surface area contributed by atoms with Crippen molar-refractivity contribution < 1.29 is 19.4 Å². The van der Waals surface area contributed by atoms with Gasteiger partial charge in [-0.15, -0.1) is 0 Å². The van der Waals surface area contributed by atoms with Crippen LogP contribution in [0.2, 0.25) is 0 Å². The van der Waals surface area contributed by atoms with Gasteiger partial charge in [-0.2, -0.15) is 0 Å². The molecule has 0 fully saturated rings. The van der Waals surface area contributed by atoms with Gasteiger partial charge in [0.25, 0.3) is 0 Å². The Morgan fingerprint density at radius 2 is 0.900 bits per heavy atom. The molecular weight excluding hydrogens is 376 g/mol. The predicted octanol–water partition coefficient (Wildman–Crippen LogP) is 6.02. The number of carbonyl (C=O) groups excluding carboxylic acids is 2. The molecule has 4 rings (SSSR count). The fraction of sp³-hybridized carbons (Fsp3) is 0. The minimum atomic E-state index is 0.477. The van der Waals surface area contributed by atoms with Gasteiger partial charge in [-0.1, -0.05) is 60.7 Å². The van der Waals surface area contributed by atoms with E-state index < -0.39 is 0 Å². The highest BCUT2D eigenvalue weighted by atomic mass is 17.2. The Balaban J connectivity index is 1.69. The van der Waals surface area contributed by atoms with Crippen molar-refractivity contribution in [3.8, 4) is 33.8 Å². The van der Waals surface area contributed by atoms with Crippen molar-refractivity contribution in [3.63, 3.8) is 0 Å². The Morgan fingerprint density at radius 3 is 1.27 bits per heavy atom. The van der Waals surface area contributed by atoms with Gasteiger partial charge in [-0.3, -0.25) is 19.4 Å². The molecule has 30 heavy (non-hydrogen) atoms. The number of hydrogen-bond donors (Lipinski definition) is 0. The highest BCUT2D eigenvalue weighted by Gasteiger charge is 2.13. The maximum absolute atomic E-state index is 11.2. The molecule has 4 heteroatoms. The minimum absolute atomic E-state index is 0.477. The van der Waals surface area contributed by atoms with Crippen LogP contribution in [0.5, 0.6) is 11.5 Å². The number of rotatable bonds is 7. The van der Waals surface area contributed by atoms with E-state index in [9.17, 15) is 9.59 Å². The fourth-order valence-electron chi connectivity index (χ4n) is 3.16. The first-order valence-corrected chi connectivity index (χ1v) is 9.42. The van der Waals surface area contributed by atoms with Crippen molar-refractivity contribution in [3.05, 3.63) is 108 Å². The number of hydrogen-bond acceptors (Lipinski definition) is 4. The van der Waals surface area contributed by atoms with Gasteiger partial charge in [-0.25, -0.2) is 0 Å². The van der Waals surface area contributed by atoms with Gasteiger partial charge in [0.2, 0.25) is 0 Å². The van der Waals surface area contributed by atoms with Gasteiger partial charge in [0, 0.05) is 22.3 Å². The molecule has 0 aliphatic heterocycles. The van der Waals surface area contributed by atoms with E-state index in [1.807, 2.05) is 60.7 Å². The van der Waals surface area contributed by atoms with Crippen molar-refractivity contribution >= 4 is 12.6 Å². The van der Waals surface area contributed by atoms with E-state index in [0.29, 0.717) is 22.6 Å². The molecule has 0 amide bonds. The van der Waals surface area contributed by atoms with Crippen LogP contribution in [0, 0.1) is 0 Å². The first-order valence-electron chi connectivity index (χ1n) is 9.42. The van der Waals surface area contributed by atoms with E-state index in [-0.39, 0.29) is 0 Å². The van der Waals surface area contributed by atoms with Gasteiger partial charge in [0.15, 0.2) is 11.5 Å². The van der Waals surface area contributed by atoms with Crippen LogP contribution in [-0.4, -0.2) is 12.6 Å². The molecule has 0 saturated heterocycles. The fourth-order valence-corrected chi connectivity index (χ4v) is 3.16. The average Bonchev–Trinajstić information content (AvgIpc) is 2.83. The number of benzene rings is 4. The smallest absolute Gasteiger partial charge is 0.186 e. The second kappa shape index (κ2) is 8.88. The zero-order valence-corrected chi connectivity index (χ0v) is 16.0. The van der Waals surface area contributed by atoms with E-state index in [1.165, 1.54) is 0 Å². The summed E-state index contributed by atoms with van der Waals surface area (Å²) in [6, 6.07) is 29.5. The zero-order chi connectivity index (χ0) is 20.8. The third-order valence-corrected chi connectivity index (χ3v) is 4.67. The molecular formula is C26H18O4. The highest BCUT2D eigenvalue weighted by molar-refractivity contribution is 5.82. The zero-order valence-electron chi connectivity index (χ0n) is 16.0. The van der Waals surface area contributed by atoms with E-state index in [0.717, 1.165) is 34.8 Å². The van der Waals surface area contributed by atoms with Crippen molar-refractivity contribution in [2.24, 2.45) is 0 Å². The quantitative estimate of drug-likeness (QED) is 0.219. The SMILES string of the molecule is O=Cc1ccc(OOc2ccc(C=O)cc2-c2ccccc2)c(-c2ccccc2)c1. The Bertz CT molecular complexity index is 1070. The van der Waals surface area contributed by atoms with E-state index in [4.69, 9.17) is 9.78 Å². The molecule has 4 aromatic rings. The van der Waals surface area contributed by atoms with Gasteiger partial charge >= 0.3 is 0 Å². The lowest BCUT2D eigenvalue weighted by molar-refractivity contribution is -0.0987. The summed E-state index contributed by atoms with van der Waals surface area (Å²) in [7, 11) is 0. The normalized spacial score (nSPS) is 10.3. The van der Waals surface area contributed by atoms with Gasteiger partial charge in [0.05, 0.1) is 0 Å². The molecule has 0 aliphatic rings. The molecule has 0 aromatic heterocycles. The first kappa shape index (κ1) is 19.2. The van der Waals surface area contributed by atoms with E-state index in [1.54, 1.807) is 36.4 Å². The van der Waals surface area contributed by atoms with Crippen LogP contribution in [-0.2, 0) is 0 Å². The number of carbonyl (C=O) groups is 2. The van der Waals surface area contributed by atoms with Crippen LogP contribution in [0.25, 0.3) is 22.3 Å². The van der Waals surface area contributed by atoms with Crippen molar-refractivity contribution in [1.82, 2.24) is 0 Å². The molecule has 0 unspecified atom stereocenters. The molecule has 0 atom stereocenters. The van der Waals surface area contributed by atoms with E-state index in [2.05, 4.69) is 0 Å². The molecule has 0 bridgehead atoms. The predicted molar refractivity (Wildman–Crippen MR) is 116 cm³/mol. The lowest BCUT2D eigenvalue weighted by Crippen LogP contribution is -2.04. The largest absolute Gasteiger partial charge is 0.298 e. The average molecular weight is 394 g/mol. The molecule has 0 spiro atoms. The van der Waals surface area contributed by atoms with Gasteiger partial charge in [-0.05, 0) is 47.5 Å². The molecule has 0 saturated carbocycles. The lowest BCUT2D eigenvalue weighted by atomic mass is 10.0. The molecule has 0 heterocycles. The monoisotopic (exact) mass is 394 g/mol. The van der Waals surface area contributed by atoms with Crippen LogP contribution in [0.3, 0.4) is 0 Å². The summed E-state index contributed by atoms with van der Waals surface area (Å²) in [5.41, 5.74) is 4.37. The molecule has 4 nitrogen and oxygen atoms in total. The summed E-state index contributed by atoms with van der Waals surface area (Å²) in [6.07, 6.45) is 1.59. The Labute approximate surface area is 174 Å². The van der Waals surface area contributed by atoms with Crippen molar-refractivity contribution in [2.75, 3.05) is 0 Å². The molecule has 0 aliphatic carbocycles. The van der Waals surface area contributed by atoms with Gasteiger partial charge < -0.3 is 0 Å².